The lowest BCUT2D eigenvalue weighted by atomic mass is 10.2. The number of hydrogen-bond donors (Lipinski definition) is 3. The van der Waals surface area contributed by atoms with Gasteiger partial charge in [0.1, 0.15) is 5.69 Å². The molecule has 0 aliphatic carbocycles. The minimum absolute atomic E-state index is 0.0295. The number of hydrogen-bond acceptors (Lipinski definition) is 7. The van der Waals surface area contributed by atoms with Crippen molar-refractivity contribution < 1.29 is 0 Å². The SMILES string of the molecule is CSC(=NC#N)NCc1cccc(-c2csc(N=C(N)N)n2)n1. The third-order valence-corrected chi connectivity index (χ3v) is 3.91. The van der Waals surface area contributed by atoms with Crippen molar-refractivity contribution in [3.8, 4) is 17.6 Å². The van der Waals surface area contributed by atoms with Crippen molar-refractivity contribution in [1.29, 1.82) is 5.26 Å². The van der Waals surface area contributed by atoms with Gasteiger partial charge in [0.25, 0.3) is 0 Å². The van der Waals surface area contributed by atoms with Crippen molar-refractivity contribution in [2.75, 3.05) is 6.26 Å². The van der Waals surface area contributed by atoms with E-state index in [1.165, 1.54) is 23.1 Å². The number of thioether (sulfide) groups is 1. The molecule has 5 N–H and O–H groups in total. The summed E-state index contributed by atoms with van der Waals surface area (Å²) in [6, 6.07) is 5.62. The second-order valence-electron chi connectivity index (χ2n) is 4.14. The predicted molar refractivity (Wildman–Crippen MR) is 94.2 cm³/mol. The Hall–Kier alpha value is -2.64. The molecule has 2 rings (SSSR count). The quantitative estimate of drug-likeness (QED) is 0.432. The lowest BCUT2D eigenvalue weighted by Crippen LogP contribution is -2.21. The zero-order chi connectivity index (χ0) is 16.7. The number of nitrogens with zero attached hydrogens (tertiary/aromatic N) is 5. The highest BCUT2D eigenvalue weighted by Crippen LogP contribution is 2.25. The maximum absolute atomic E-state index is 8.58. The highest BCUT2D eigenvalue weighted by Gasteiger charge is 2.07. The van der Waals surface area contributed by atoms with E-state index in [1.807, 2.05) is 29.8 Å². The Morgan fingerprint density at radius 3 is 2.91 bits per heavy atom. The second-order valence-corrected chi connectivity index (χ2v) is 5.77. The van der Waals surface area contributed by atoms with Crippen LogP contribution in [0.1, 0.15) is 5.69 Å². The van der Waals surface area contributed by atoms with Gasteiger partial charge in [-0.15, -0.1) is 16.3 Å². The summed E-state index contributed by atoms with van der Waals surface area (Å²) in [6.07, 6.45) is 3.59. The maximum atomic E-state index is 8.58. The number of aromatic nitrogens is 2. The molecular formula is C13H14N8S2. The Kier molecular flexibility index (Phi) is 5.90. The molecule has 0 amide bonds. The van der Waals surface area contributed by atoms with Gasteiger partial charge in [-0.2, -0.15) is 10.3 Å². The summed E-state index contributed by atoms with van der Waals surface area (Å²) in [5, 5.41) is 14.5. The van der Waals surface area contributed by atoms with E-state index in [2.05, 4.69) is 25.3 Å². The average Bonchev–Trinajstić information content (AvgIpc) is 2.99. The molecule has 0 bridgehead atoms. The number of nitriles is 1. The standard InChI is InChI=1S/C13H14N8S2/c1-22-12(18-7-14)17-5-8-3-2-4-9(19-8)10-6-23-13(20-10)21-11(15)16/h2-4,6H,5H2,1H3,(H,17,18)(H4,15,16,20,21). The first kappa shape index (κ1) is 16.7. The molecule has 0 aliphatic rings. The van der Waals surface area contributed by atoms with Gasteiger partial charge < -0.3 is 16.8 Å². The molecule has 0 aromatic carbocycles. The van der Waals surface area contributed by atoms with E-state index in [4.69, 9.17) is 16.7 Å². The van der Waals surface area contributed by atoms with E-state index in [9.17, 15) is 0 Å². The lowest BCUT2D eigenvalue weighted by Gasteiger charge is -2.06. The number of amidine groups is 1. The van der Waals surface area contributed by atoms with Crippen molar-refractivity contribution in [1.82, 2.24) is 15.3 Å². The van der Waals surface area contributed by atoms with Crippen molar-refractivity contribution in [2.45, 2.75) is 6.54 Å². The summed E-state index contributed by atoms with van der Waals surface area (Å²) in [5.74, 6) is -0.0295. The minimum Gasteiger partial charge on any atom is -0.370 e. The van der Waals surface area contributed by atoms with Gasteiger partial charge in [0, 0.05) is 5.38 Å². The second kappa shape index (κ2) is 8.11. The summed E-state index contributed by atoms with van der Waals surface area (Å²) in [7, 11) is 0. The van der Waals surface area contributed by atoms with Crippen LogP contribution in [0.4, 0.5) is 5.13 Å². The topological polar surface area (TPSA) is 138 Å². The number of guanidine groups is 1. The third kappa shape index (κ3) is 4.94. The first-order chi connectivity index (χ1) is 11.1. The highest BCUT2D eigenvalue weighted by atomic mass is 32.2. The first-order valence-corrected chi connectivity index (χ1v) is 8.49. The van der Waals surface area contributed by atoms with Crippen LogP contribution in [0.2, 0.25) is 0 Å². The fraction of sp³-hybridized carbons (Fsp3) is 0.154. The first-order valence-electron chi connectivity index (χ1n) is 6.38. The lowest BCUT2D eigenvalue weighted by molar-refractivity contribution is 0.885. The van der Waals surface area contributed by atoms with E-state index in [0.29, 0.717) is 22.5 Å². The number of thiazole rings is 1. The molecule has 0 saturated heterocycles. The number of nitrogens with two attached hydrogens (primary N) is 2. The van der Waals surface area contributed by atoms with Gasteiger partial charge in [-0.05, 0) is 18.4 Å². The van der Waals surface area contributed by atoms with Gasteiger partial charge in [-0.3, -0.25) is 0 Å². The van der Waals surface area contributed by atoms with Gasteiger partial charge in [-0.25, -0.2) is 9.97 Å². The molecule has 10 heteroatoms. The van der Waals surface area contributed by atoms with Crippen LogP contribution in [0.3, 0.4) is 0 Å². The Balaban J connectivity index is 2.14. The molecule has 118 valence electrons. The summed E-state index contributed by atoms with van der Waals surface area (Å²) in [5.41, 5.74) is 12.9. The van der Waals surface area contributed by atoms with Crippen molar-refractivity contribution >= 4 is 39.4 Å². The van der Waals surface area contributed by atoms with Gasteiger partial charge in [-0.1, -0.05) is 17.8 Å². The molecule has 0 radical (unpaired) electrons. The fourth-order valence-electron chi connectivity index (χ4n) is 1.63. The number of pyridine rings is 1. The van der Waals surface area contributed by atoms with Gasteiger partial charge in [0.05, 0.1) is 17.9 Å². The molecular weight excluding hydrogens is 332 g/mol. The highest BCUT2D eigenvalue weighted by molar-refractivity contribution is 8.13. The monoisotopic (exact) mass is 346 g/mol. The maximum Gasteiger partial charge on any atom is 0.212 e. The summed E-state index contributed by atoms with van der Waals surface area (Å²) >= 11 is 2.70. The van der Waals surface area contributed by atoms with Crippen molar-refractivity contribution in [3.63, 3.8) is 0 Å². The van der Waals surface area contributed by atoms with Crippen LogP contribution < -0.4 is 16.8 Å². The van der Waals surface area contributed by atoms with Crippen LogP contribution >= 0.6 is 23.1 Å². The van der Waals surface area contributed by atoms with Crippen LogP contribution in [-0.2, 0) is 6.54 Å². The predicted octanol–water partition coefficient (Wildman–Crippen LogP) is 1.40. The van der Waals surface area contributed by atoms with E-state index in [-0.39, 0.29) is 5.96 Å². The molecule has 0 fully saturated rings. The zero-order valence-electron chi connectivity index (χ0n) is 12.2. The zero-order valence-corrected chi connectivity index (χ0v) is 13.9. The van der Waals surface area contributed by atoms with Crippen LogP contribution in [0.15, 0.2) is 33.6 Å². The molecule has 0 saturated carbocycles. The summed E-state index contributed by atoms with van der Waals surface area (Å²) in [4.78, 5) is 16.4. The summed E-state index contributed by atoms with van der Waals surface area (Å²) < 4.78 is 0. The molecule has 0 atom stereocenters. The third-order valence-electron chi connectivity index (χ3n) is 2.55. The van der Waals surface area contributed by atoms with E-state index < -0.39 is 0 Å². The Morgan fingerprint density at radius 2 is 2.22 bits per heavy atom. The smallest absolute Gasteiger partial charge is 0.212 e. The molecule has 23 heavy (non-hydrogen) atoms. The van der Waals surface area contributed by atoms with Gasteiger partial charge in [0.2, 0.25) is 11.3 Å². The van der Waals surface area contributed by atoms with E-state index in [1.54, 1.807) is 6.19 Å². The fourth-order valence-corrected chi connectivity index (χ4v) is 2.68. The minimum atomic E-state index is -0.0295. The molecule has 0 aliphatic heterocycles. The average molecular weight is 346 g/mol. The summed E-state index contributed by atoms with van der Waals surface area (Å²) in [6.45, 7) is 0.458. The Labute approximate surface area is 141 Å². The molecule has 2 aromatic rings. The van der Waals surface area contributed by atoms with Crippen LogP contribution in [0.5, 0.6) is 0 Å². The largest absolute Gasteiger partial charge is 0.370 e. The Morgan fingerprint density at radius 1 is 1.39 bits per heavy atom. The van der Waals surface area contributed by atoms with E-state index in [0.717, 1.165) is 11.4 Å². The molecule has 0 spiro atoms. The van der Waals surface area contributed by atoms with Crippen LogP contribution in [-0.4, -0.2) is 27.4 Å². The van der Waals surface area contributed by atoms with Gasteiger partial charge >= 0.3 is 0 Å². The number of aliphatic imine (C=N–C) groups is 2. The van der Waals surface area contributed by atoms with Crippen LogP contribution in [0.25, 0.3) is 11.4 Å². The van der Waals surface area contributed by atoms with Gasteiger partial charge in [0.15, 0.2) is 11.1 Å². The molecule has 0 unspecified atom stereocenters. The van der Waals surface area contributed by atoms with Crippen molar-refractivity contribution in [2.24, 2.45) is 21.5 Å². The van der Waals surface area contributed by atoms with E-state index >= 15 is 0 Å². The number of nitrogens with one attached hydrogen (secondary N) is 1. The van der Waals surface area contributed by atoms with Crippen molar-refractivity contribution in [3.05, 3.63) is 29.3 Å². The Bertz CT molecular complexity index is 770. The molecule has 8 nitrogen and oxygen atoms in total. The molecule has 2 aromatic heterocycles. The molecule has 2 heterocycles. The normalized spacial score (nSPS) is 10.9. The number of rotatable bonds is 4. The van der Waals surface area contributed by atoms with Crippen LogP contribution in [0, 0.1) is 11.5 Å².